The first-order valence-corrected chi connectivity index (χ1v) is 8.70. The van der Waals surface area contributed by atoms with E-state index in [1.54, 1.807) is 36.0 Å². The second-order valence-electron chi connectivity index (χ2n) is 6.71. The van der Waals surface area contributed by atoms with E-state index in [1.165, 1.54) is 18.3 Å². The van der Waals surface area contributed by atoms with Gasteiger partial charge in [0, 0.05) is 36.9 Å². The quantitative estimate of drug-likeness (QED) is 0.593. The lowest BCUT2D eigenvalue weighted by molar-refractivity contribution is 0.0967. The molecule has 27 heavy (non-hydrogen) atoms. The molecule has 0 spiro atoms. The van der Waals surface area contributed by atoms with Crippen LogP contribution in [0.2, 0.25) is 0 Å². The van der Waals surface area contributed by atoms with E-state index in [1.807, 2.05) is 13.8 Å². The summed E-state index contributed by atoms with van der Waals surface area (Å²) in [4.78, 5) is 16.3. The number of carbonyl (C=O) groups excluding carboxylic acids is 1. The fraction of sp³-hybridized carbons (Fsp3) is 0.300. The van der Waals surface area contributed by atoms with Gasteiger partial charge >= 0.3 is 0 Å². The smallest absolute Gasteiger partial charge is 0.213 e. The Balaban J connectivity index is 1.71. The molecule has 2 heterocycles. The maximum absolute atomic E-state index is 13.1. The lowest BCUT2D eigenvalue weighted by Gasteiger charge is -2.08. The summed E-state index contributed by atoms with van der Waals surface area (Å²) in [6.07, 6.45) is 2.02. The Labute approximate surface area is 157 Å². The maximum atomic E-state index is 13.1. The molecule has 0 fully saturated rings. The van der Waals surface area contributed by atoms with Gasteiger partial charge in [-0.25, -0.2) is 14.1 Å². The van der Waals surface area contributed by atoms with Crippen molar-refractivity contribution in [3.8, 4) is 17.1 Å². The molecular weight excluding hydrogens is 347 g/mol. The monoisotopic (exact) mass is 368 g/mol. The van der Waals surface area contributed by atoms with Crippen molar-refractivity contribution in [2.24, 2.45) is 13.0 Å². The van der Waals surface area contributed by atoms with Gasteiger partial charge in [0.05, 0.1) is 0 Å². The molecule has 0 aliphatic rings. The molecule has 0 atom stereocenters. The first-order valence-electron chi connectivity index (χ1n) is 8.70. The zero-order valence-corrected chi connectivity index (χ0v) is 15.5. The molecular formula is C20H21FN4O2. The van der Waals surface area contributed by atoms with Crippen molar-refractivity contribution >= 4 is 5.78 Å². The molecule has 140 valence electrons. The summed E-state index contributed by atoms with van der Waals surface area (Å²) < 4.78 is 20.5. The molecule has 0 N–H and O–H groups in total. The Kier molecular flexibility index (Phi) is 5.59. The minimum Gasteiger partial charge on any atom is -0.471 e. The second kappa shape index (κ2) is 8.07. The Bertz CT molecular complexity index is 918. The zero-order valence-electron chi connectivity index (χ0n) is 15.5. The first kappa shape index (κ1) is 18.7. The summed E-state index contributed by atoms with van der Waals surface area (Å²) in [5.74, 6) is 0.466. The van der Waals surface area contributed by atoms with Gasteiger partial charge in [-0.15, -0.1) is 5.10 Å². The molecule has 0 radical (unpaired) electrons. The van der Waals surface area contributed by atoms with Gasteiger partial charge in [-0.1, -0.05) is 19.1 Å². The molecule has 3 rings (SSSR count). The van der Waals surface area contributed by atoms with Crippen LogP contribution in [0.4, 0.5) is 4.39 Å². The van der Waals surface area contributed by atoms with Gasteiger partial charge in [0.15, 0.2) is 5.78 Å². The summed E-state index contributed by atoms with van der Waals surface area (Å²) in [5.41, 5.74) is 2.69. The summed E-state index contributed by atoms with van der Waals surface area (Å²) in [6.45, 7) is 4.20. The van der Waals surface area contributed by atoms with Gasteiger partial charge < -0.3 is 4.74 Å². The molecule has 0 bridgehead atoms. The van der Waals surface area contributed by atoms with Gasteiger partial charge in [-0.2, -0.15) is 0 Å². The second-order valence-corrected chi connectivity index (χ2v) is 6.71. The standard InChI is InChI=1S/C20H21FN4O2/c1-13(2)10-18(26)15-6-9-19(22-11-15)27-12-17-20(23-24-25(17)3)14-4-7-16(21)8-5-14/h4-9,11,13H,10,12H2,1-3H3. The van der Waals surface area contributed by atoms with E-state index in [4.69, 9.17) is 4.74 Å². The summed E-state index contributed by atoms with van der Waals surface area (Å²) >= 11 is 0. The summed E-state index contributed by atoms with van der Waals surface area (Å²) in [5, 5.41) is 8.16. The fourth-order valence-corrected chi connectivity index (χ4v) is 2.63. The Morgan fingerprint density at radius 2 is 1.93 bits per heavy atom. The third-order valence-electron chi connectivity index (χ3n) is 4.07. The molecule has 0 aliphatic heterocycles. The number of hydrogen-bond donors (Lipinski definition) is 0. The number of rotatable bonds is 7. The molecule has 3 aromatic rings. The Hall–Kier alpha value is -3.09. The molecule has 2 aromatic heterocycles. The molecule has 7 heteroatoms. The Morgan fingerprint density at radius 3 is 2.56 bits per heavy atom. The number of aromatic nitrogens is 4. The zero-order chi connectivity index (χ0) is 19.4. The predicted molar refractivity (Wildman–Crippen MR) is 98.8 cm³/mol. The third kappa shape index (κ3) is 4.55. The van der Waals surface area contributed by atoms with Crippen molar-refractivity contribution in [2.45, 2.75) is 26.9 Å². The van der Waals surface area contributed by atoms with Gasteiger partial charge in [0.1, 0.15) is 23.8 Å². The molecule has 0 saturated carbocycles. The van der Waals surface area contributed by atoms with Crippen LogP contribution in [0.25, 0.3) is 11.3 Å². The van der Waals surface area contributed by atoms with Crippen LogP contribution in [0.15, 0.2) is 42.6 Å². The number of aryl methyl sites for hydroxylation is 1. The number of benzene rings is 1. The van der Waals surface area contributed by atoms with E-state index in [0.717, 1.165) is 11.3 Å². The lowest BCUT2D eigenvalue weighted by atomic mass is 10.0. The number of Topliss-reactive ketones (excluding diaryl/α,β-unsaturated/α-hetero) is 1. The van der Waals surface area contributed by atoms with Crippen LogP contribution in [0.1, 0.15) is 36.3 Å². The summed E-state index contributed by atoms with van der Waals surface area (Å²) in [7, 11) is 1.76. The topological polar surface area (TPSA) is 69.9 Å². The van der Waals surface area contributed by atoms with E-state index in [9.17, 15) is 9.18 Å². The number of halogens is 1. The highest BCUT2D eigenvalue weighted by Gasteiger charge is 2.14. The number of pyridine rings is 1. The van der Waals surface area contributed by atoms with E-state index in [2.05, 4.69) is 15.3 Å². The van der Waals surface area contributed by atoms with Crippen molar-refractivity contribution in [3.05, 3.63) is 59.7 Å². The fourth-order valence-electron chi connectivity index (χ4n) is 2.63. The van der Waals surface area contributed by atoms with Gasteiger partial charge in [0.2, 0.25) is 5.88 Å². The average Bonchev–Trinajstić information content (AvgIpc) is 3.01. The number of nitrogens with zero attached hydrogens (tertiary/aromatic N) is 4. The number of carbonyl (C=O) groups is 1. The largest absolute Gasteiger partial charge is 0.471 e. The van der Waals surface area contributed by atoms with Crippen LogP contribution in [0.3, 0.4) is 0 Å². The van der Waals surface area contributed by atoms with Crippen molar-refractivity contribution in [3.63, 3.8) is 0 Å². The van der Waals surface area contributed by atoms with Crippen molar-refractivity contribution in [2.75, 3.05) is 0 Å². The molecule has 1 aromatic carbocycles. The van der Waals surface area contributed by atoms with Crippen molar-refractivity contribution < 1.29 is 13.9 Å². The van der Waals surface area contributed by atoms with Gasteiger partial charge in [-0.05, 0) is 36.2 Å². The predicted octanol–water partition coefficient (Wildman–Crippen LogP) is 3.82. The lowest BCUT2D eigenvalue weighted by Crippen LogP contribution is -2.07. The normalized spacial score (nSPS) is 11.0. The minimum atomic E-state index is -0.309. The van der Waals surface area contributed by atoms with Crippen LogP contribution in [0.5, 0.6) is 5.88 Å². The van der Waals surface area contributed by atoms with Crippen molar-refractivity contribution in [1.29, 1.82) is 0 Å². The highest BCUT2D eigenvalue weighted by atomic mass is 19.1. The van der Waals surface area contributed by atoms with E-state index < -0.39 is 0 Å². The van der Waals surface area contributed by atoms with E-state index in [-0.39, 0.29) is 18.2 Å². The SMILES string of the molecule is CC(C)CC(=O)c1ccc(OCc2c(-c3ccc(F)cc3)nnn2C)nc1. The average molecular weight is 368 g/mol. The molecule has 0 aliphatic carbocycles. The highest BCUT2D eigenvalue weighted by Crippen LogP contribution is 2.22. The highest BCUT2D eigenvalue weighted by molar-refractivity contribution is 5.95. The van der Waals surface area contributed by atoms with Gasteiger partial charge in [-0.3, -0.25) is 4.79 Å². The van der Waals surface area contributed by atoms with E-state index in [0.29, 0.717) is 29.5 Å². The molecule has 6 nitrogen and oxygen atoms in total. The van der Waals surface area contributed by atoms with Crippen LogP contribution < -0.4 is 4.74 Å². The first-order chi connectivity index (χ1) is 12.9. The maximum Gasteiger partial charge on any atom is 0.213 e. The molecule has 0 amide bonds. The number of hydrogen-bond acceptors (Lipinski definition) is 5. The third-order valence-corrected chi connectivity index (χ3v) is 4.07. The van der Waals surface area contributed by atoms with Crippen LogP contribution in [-0.2, 0) is 13.7 Å². The molecule has 0 unspecified atom stereocenters. The van der Waals surface area contributed by atoms with Crippen molar-refractivity contribution in [1.82, 2.24) is 20.0 Å². The van der Waals surface area contributed by atoms with Crippen LogP contribution in [-0.4, -0.2) is 25.8 Å². The van der Waals surface area contributed by atoms with Crippen LogP contribution in [0, 0.1) is 11.7 Å². The number of ketones is 1. The van der Waals surface area contributed by atoms with Gasteiger partial charge in [0.25, 0.3) is 0 Å². The van der Waals surface area contributed by atoms with E-state index >= 15 is 0 Å². The van der Waals surface area contributed by atoms with Crippen LogP contribution >= 0.6 is 0 Å². The number of ether oxygens (including phenoxy) is 1. The Morgan fingerprint density at radius 1 is 1.19 bits per heavy atom. The summed E-state index contributed by atoms with van der Waals surface area (Å²) in [6, 6.07) is 9.45. The minimum absolute atomic E-state index is 0.0680. The molecule has 0 saturated heterocycles.